The number of hydrogen-bond acceptors (Lipinski definition) is 8. The number of aliphatic hydroxyl groups excluding tert-OH is 2. The number of benzene rings is 3. The summed E-state index contributed by atoms with van der Waals surface area (Å²) in [6, 6.07) is 23.1. The number of β-amino-alcohol motifs (C(OH)–C–C–N with tert-alkyl or cyclic N) is 1. The number of nitrogens with one attached hydrogen (secondary N) is 2. The number of rotatable bonds is 12. The van der Waals surface area contributed by atoms with Crippen molar-refractivity contribution in [1.29, 1.82) is 0 Å². The standard InChI is InChI=1S/C33H39N7O4/c1-33(2,34-17-19-41)21-30(43)35-28-16-15-25-7-3-6-10-29(25)39(32(28)44)22-23-11-13-24(14-12-23)26-8-4-5-9-27(26)31-36-37-38-40(31)18-20-42/h3-14,28,34,41-42H,15-22H2,1-2H3,(H,35,43)/t28-/m1/s1. The maximum Gasteiger partial charge on any atom is 0.249 e. The van der Waals surface area contributed by atoms with Crippen LogP contribution in [-0.2, 0) is 29.1 Å². The number of hydrogen-bond donors (Lipinski definition) is 4. The molecule has 0 saturated carbocycles. The summed E-state index contributed by atoms with van der Waals surface area (Å²) in [6.07, 6.45) is 1.36. The van der Waals surface area contributed by atoms with Crippen molar-refractivity contribution in [2.24, 2.45) is 0 Å². The molecule has 1 atom stereocenters. The molecule has 1 aliphatic rings. The minimum Gasteiger partial charge on any atom is -0.395 e. The van der Waals surface area contributed by atoms with E-state index in [1.54, 1.807) is 9.58 Å². The monoisotopic (exact) mass is 597 g/mol. The molecule has 4 N–H and O–H groups in total. The fraction of sp³-hybridized carbons (Fsp3) is 0.364. The highest BCUT2D eigenvalue weighted by Gasteiger charge is 2.32. The van der Waals surface area contributed by atoms with Gasteiger partial charge in [-0.1, -0.05) is 66.7 Å². The zero-order chi connectivity index (χ0) is 31.1. The fourth-order valence-electron chi connectivity index (χ4n) is 5.66. The summed E-state index contributed by atoms with van der Waals surface area (Å²) in [5.41, 5.74) is 5.10. The van der Waals surface area contributed by atoms with Gasteiger partial charge in [-0.25, -0.2) is 4.68 Å². The normalized spacial score (nSPS) is 15.1. The number of aryl methyl sites for hydroxylation is 1. The molecule has 1 aliphatic heterocycles. The lowest BCUT2D eigenvalue weighted by Crippen LogP contribution is -2.51. The molecule has 44 heavy (non-hydrogen) atoms. The first kappa shape index (κ1) is 31.0. The van der Waals surface area contributed by atoms with Gasteiger partial charge in [-0.2, -0.15) is 0 Å². The van der Waals surface area contributed by atoms with Gasteiger partial charge in [0.2, 0.25) is 11.8 Å². The van der Waals surface area contributed by atoms with E-state index in [-0.39, 0.29) is 31.4 Å². The number of nitrogens with zero attached hydrogens (tertiary/aromatic N) is 5. The summed E-state index contributed by atoms with van der Waals surface area (Å²) >= 11 is 0. The first-order valence-corrected chi connectivity index (χ1v) is 14.9. The first-order chi connectivity index (χ1) is 21.3. The van der Waals surface area contributed by atoms with Gasteiger partial charge in [-0.3, -0.25) is 9.59 Å². The Labute approximate surface area is 256 Å². The van der Waals surface area contributed by atoms with E-state index in [0.29, 0.717) is 38.3 Å². The third-order valence-electron chi connectivity index (χ3n) is 7.82. The number of aromatic nitrogens is 4. The zero-order valence-electron chi connectivity index (χ0n) is 25.1. The highest BCUT2D eigenvalue weighted by atomic mass is 16.3. The molecule has 2 heterocycles. The van der Waals surface area contributed by atoms with Crippen LogP contribution in [0.25, 0.3) is 22.5 Å². The van der Waals surface area contributed by atoms with Crippen molar-refractivity contribution < 1.29 is 19.8 Å². The predicted octanol–water partition coefficient (Wildman–Crippen LogP) is 2.71. The molecule has 0 fully saturated rings. The molecule has 0 spiro atoms. The van der Waals surface area contributed by atoms with E-state index in [4.69, 9.17) is 5.11 Å². The van der Waals surface area contributed by atoms with Crippen molar-refractivity contribution in [2.75, 3.05) is 24.7 Å². The smallest absolute Gasteiger partial charge is 0.249 e. The quantitative estimate of drug-likeness (QED) is 0.195. The van der Waals surface area contributed by atoms with Gasteiger partial charge in [0.25, 0.3) is 0 Å². The zero-order valence-corrected chi connectivity index (χ0v) is 25.1. The SMILES string of the molecule is CC(C)(CC(=O)N[C@@H]1CCc2ccccc2N(Cc2ccc(-c3ccccc3-c3nnnn3CCO)cc2)C1=O)NCCO. The molecule has 11 nitrogen and oxygen atoms in total. The van der Waals surface area contributed by atoms with Gasteiger partial charge in [-0.05, 0) is 65.4 Å². The van der Waals surface area contributed by atoms with E-state index in [9.17, 15) is 14.7 Å². The fourth-order valence-corrected chi connectivity index (χ4v) is 5.66. The summed E-state index contributed by atoms with van der Waals surface area (Å²) in [6.45, 7) is 4.74. The number of carbonyl (C=O) groups excluding carboxylic acids is 2. The number of tetrazole rings is 1. The summed E-state index contributed by atoms with van der Waals surface area (Å²) in [5, 5.41) is 36.7. The van der Waals surface area contributed by atoms with Crippen LogP contribution in [0, 0.1) is 0 Å². The van der Waals surface area contributed by atoms with Crippen molar-refractivity contribution in [1.82, 2.24) is 30.8 Å². The Bertz CT molecular complexity index is 1590. The number of fused-ring (bicyclic) bond motifs is 1. The summed E-state index contributed by atoms with van der Waals surface area (Å²) in [7, 11) is 0. The molecule has 2 amide bonds. The maximum absolute atomic E-state index is 14.0. The van der Waals surface area contributed by atoms with E-state index in [2.05, 4.69) is 26.2 Å². The molecule has 0 bridgehead atoms. The van der Waals surface area contributed by atoms with Gasteiger partial charge in [0.05, 0.1) is 26.3 Å². The molecule has 1 aromatic heterocycles. The number of carbonyl (C=O) groups is 2. The van der Waals surface area contributed by atoms with E-state index < -0.39 is 11.6 Å². The Kier molecular flexibility index (Phi) is 9.78. The van der Waals surface area contributed by atoms with Crippen LogP contribution in [0.3, 0.4) is 0 Å². The Balaban J connectivity index is 1.37. The third kappa shape index (κ3) is 7.19. The van der Waals surface area contributed by atoms with Crippen molar-refractivity contribution in [2.45, 2.75) is 57.8 Å². The van der Waals surface area contributed by atoms with Gasteiger partial charge in [-0.15, -0.1) is 5.10 Å². The van der Waals surface area contributed by atoms with Crippen LogP contribution in [0.5, 0.6) is 0 Å². The molecule has 11 heteroatoms. The molecular weight excluding hydrogens is 558 g/mol. The molecule has 0 unspecified atom stereocenters. The Morgan fingerprint density at radius 1 is 0.977 bits per heavy atom. The molecule has 0 aliphatic carbocycles. The summed E-state index contributed by atoms with van der Waals surface area (Å²) in [4.78, 5) is 28.7. The van der Waals surface area contributed by atoms with Crippen molar-refractivity contribution >= 4 is 17.5 Å². The Morgan fingerprint density at radius 3 is 2.45 bits per heavy atom. The first-order valence-electron chi connectivity index (χ1n) is 14.9. The predicted molar refractivity (Wildman–Crippen MR) is 167 cm³/mol. The molecule has 3 aromatic carbocycles. The number of amides is 2. The third-order valence-corrected chi connectivity index (χ3v) is 7.82. The van der Waals surface area contributed by atoms with Crippen LogP contribution in [0.4, 0.5) is 5.69 Å². The lowest BCUT2D eigenvalue weighted by atomic mass is 9.98. The number of anilines is 1. The topological polar surface area (TPSA) is 146 Å². The van der Waals surface area contributed by atoms with E-state index in [1.807, 2.05) is 86.6 Å². The van der Waals surface area contributed by atoms with E-state index in [1.165, 1.54) is 0 Å². The molecule has 5 rings (SSSR count). The van der Waals surface area contributed by atoms with Gasteiger partial charge < -0.3 is 25.7 Å². The molecule has 0 radical (unpaired) electrons. The lowest BCUT2D eigenvalue weighted by molar-refractivity contribution is -0.128. The highest BCUT2D eigenvalue weighted by molar-refractivity contribution is 6.00. The van der Waals surface area contributed by atoms with E-state index >= 15 is 0 Å². The summed E-state index contributed by atoms with van der Waals surface area (Å²) < 4.78 is 1.58. The van der Waals surface area contributed by atoms with Gasteiger partial charge in [0, 0.05) is 29.8 Å². The van der Waals surface area contributed by atoms with Gasteiger partial charge in [0.15, 0.2) is 5.82 Å². The largest absolute Gasteiger partial charge is 0.395 e. The average molecular weight is 598 g/mol. The second kappa shape index (κ2) is 13.9. The maximum atomic E-state index is 14.0. The van der Waals surface area contributed by atoms with Crippen molar-refractivity contribution in [3.05, 3.63) is 83.9 Å². The second-order valence-electron chi connectivity index (χ2n) is 11.6. The van der Waals surface area contributed by atoms with Crippen LogP contribution in [0.2, 0.25) is 0 Å². The molecular formula is C33H39N7O4. The average Bonchev–Trinajstić information content (AvgIpc) is 3.44. The van der Waals surface area contributed by atoms with Crippen molar-refractivity contribution in [3.63, 3.8) is 0 Å². The summed E-state index contributed by atoms with van der Waals surface area (Å²) in [5.74, 6) is 0.221. The molecule has 230 valence electrons. The molecule has 4 aromatic rings. The van der Waals surface area contributed by atoms with Crippen molar-refractivity contribution in [3.8, 4) is 22.5 Å². The molecule has 0 saturated heterocycles. The lowest BCUT2D eigenvalue weighted by Gasteiger charge is -2.29. The van der Waals surface area contributed by atoms with Gasteiger partial charge >= 0.3 is 0 Å². The Hall–Kier alpha value is -4.45. The van der Waals surface area contributed by atoms with Gasteiger partial charge in [0.1, 0.15) is 6.04 Å². The van der Waals surface area contributed by atoms with Crippen LogP contribution in [0.15, 0.2) is 72.8 Å². The van der Waals surface area contributed by atoms with Crippen LogP contribution in [0.1, 0.15) is 37.8 Å². The van der Waals surface area contributed by atoms with E-state index in [0.717, 1.165) is 33.5 Å². The minimum atomic E-state index is -0.653. The van der Waals surface area contributed by atoms with Crippen LogP contribution in [-0.4, -0.2) is 73.6 Å². The van der Waals surface area contributed by atoms with Crippen LogP contribution < -0.4 is 15.5 Å². The number of aliphatic hydroxyl groups is 2. The second-order valence-corrected chi connectivity index (χ2v) is 11.6. The minimum absolute atomic E-state index is 0.0160. The Morgan fingerprint density at radius 2 is 1.70 bits per heavy atom. The highest BCUT2D eigenvalue weighted by Crippen LogP contribution is 2.32. The van der Waals surface area contributed by atoms with Crippen LogP contribution >= 0.6 is 0 Å². The number of para-hydroxylation sites is 1.